The van der Waals surface area contributed by atoms with Crippen LogP contribution in [-0.2, 0) is 6.54 Å². The van der Waals surface area contributed by atoms with Gasteiger partial charge in [0.15, 0.2) is 5.76 Å². The van der Waals surface area contributed by atoms with Gasteiger partial charge in [0.1, 0.15) is 12.0 Å². The average Bonchev–Trinajstić information content (AvgIpc) is 3.30. The van der Waals surface area contributed by atoms with Crippen molar-refractivity contribution >= 4 is 0 Å². The van der Waals surface area contributed by atoms with Crippen molar-refractivity contribution in [2.45, 2.75) is 20.4 Å². The lowest BCUT2D eigenvalue weighted by molar-refractivity contribution is 0.475. The van der Waals surface area contributed by atoms with Crippen molar-refractivity contribution in [3.05, 3.63) is 70.2 Å². The zero-order chi connectivity index (χ0) is 17.4. The molecule has 0 spiro atoms. The second-order valence-corrected chi connectivity index (χ2v) is 5.77. The molecule has 4 aromatic rings. The first-order valence-electron chi connectivity index (χ1n) is 7.74. The fourth-order valence-corrected chi connectivity index (χ4v) is 2.62. The summed E-state index contributed by atoms with van der Waals surface area (Å²) in [6, 6.07) is 9.41. The Kier molecular flexibility index (Phi) is 3.61. The van der Waals surface area contributed by atoms with Crippen LogP contribution in [-0.4, -0.2) is 14.8 Å². The number of aromatic nitrogens is 3. The number of hydrogen-bond donors (Lipinski definition) is 0. The summed E-state index contributed by atoms with van der Waals surface area (Å²) in [5.41, 5.74) is 3.75. The molecule has 0 aliphatic heterocycles. The Hall–Kier alpha value is -3.35. The fourth-order valence-electron chi connectivity index (χ4n) is 2.62. The fraction of sp³-hybridized carbons (Fsp3) is 0.167. The van der Waals surface area contributed by atoms with Crippen molar-refractivity contribution in [1.29, 1.82) is 0 Å². The van der Waals surface area contributed by atoms with Gasteiger partial charge < -0.3 is 13.3 Å². The summed E-state index contributed by atoms with van der Waals surface area (Å²) in [7, 11) is 0. The van der Waals surface area contributed by atoms with Gasteiger partial charge in [-0.25, -0.2) is 9.78 Å². The highest BCUT2D eigenvalue weighted by Gasteiger charge is 2.15. The molecule has 0 saturated carbocycles. The second-order valence-electron chi connectivity index (χ2n) is 5.77. The van der Waals surface area contributed by atoms with E-state index in [-0.39, 0.29) is 12.4 Å². The molecular formula is C18H15N3O4. The molecule has 0 N–H and O–H groups in total. The minimum atomic E-state index is -0.581. The topological polar surface area (TPSA) is 87.2 Å². The van der Waals surface area contributed by atoms with Crippen LogP contribution >= 0.6 is 0 Å². The lowest BCUT2D eigenvalue weighted by atomic mass is 10.1. The molecule has 0 amide bonds. The Bertz CT molecular complexity index is 1070. The Labute approximate surface area is 142 Å². The molecule has 1 aromatic carbocycles. The van der Waals surface area contributed by atoms with E-state index in [1.165, 1.54) is 22.8 Å². The first-order valence-corrected chi connectivity index (χ1v) is 7.74. The van der Waals surface area contributed by atoms with E-state index in [0.29, 0.717) is 17.3 Å². The van der Waals surface area contributed by atoms with E-state index in [9.17, 15) is 4.79 Å². The van der Waals surface area contributed by atoms with Gasteiger partial charge in [-0.15, -0.1) is 5.10 Å². The van der Waals surface area contributed by atoms with Crippen LogP contribution in [0.5, 0.6) is 0 Å². The number of oxazole rings is 1. The lowest BCUT2D eigenvalue weighted by Gasteiger charge is -2.02. The van der Waals surface area contributed by atoms with Crippen LogP contribution in [0.4, 0.5) is 0 Å². The molecule has 0 radical (unpaired) electrons. The minimum Gasteiger partial charge on any atom is -0.459 e. The maximum absolute atomic E-state index is 11.9. The maximum atomic E-state index is 11.9. The molecular weight excluding hydrogens is 322 g/mol. The molecule has 0 saturated heterocycles. The van der Waals surface area contributed by atoms with E-state index in [4.69, 9.17) is 13.3 Å². The van der Waals surface area contributed by atoms with Gasteiger partial charge in [0.05, 0.1) is 12.8 Å². The molecule has 0 bridgehead atoms. The van der Waals surface area contributed by atoms with Crippen LogP contribution < -0.4 is 5.76 Å². The molecule has 25 heavy (non-hydrogen) atoms. The van der Waals surface area contributed by atoms with Gasteiger partial charge in [-0.2, -0.15) is 4.68 Å². The van der Waals surface area contributed by atoms with Crippen LogP contribution in [0.3, 0.4) is 0 Å². The van der Waals surface area contributed by atoms with Gasteiger partial charge in [-0.05, 0) is 37.6 Å². The summed E-state index contributed by atoms with van der Waals surface area (Å²) >= 11 is 0. The van der Waals surface area contributed by atoms with Crippen molar-refractivity contribution in [3.63, 3.8) is 0 Å². The number of nitrogens with zero attached hydrogens (tertiary/aromatic N) is 3. The summed E-state index contributed by atoms with van der Waals surface area (Å²) in [4.78, 5) is 16.4. The van der Waals surface area contributed by atoms with Crippen LogP contribution in [0.1, 0.15) is 16.8 Å². The molecule has 0 aliphatic carbocycles. The third-order valence-electron chi connectivity index (χ3n) is 3.81. The number of rotatable bonds is 4. The van der Waals surface area contributed by atoms with Gasteiger partial charge in [0.2, 0.25) is 5.89 Å². The van der Waals surface area contributed by atoms with Crippen LogP contribution in [0.2, 0.25) is 0 Å². The Morgan fingerprint density at radius 1 is 1.12 bits per heavy atom. The quantitative estimate of drug-likeness (QED) is 0.567. The van der Waals surface area contributed by atoms with Crippen LogP contribution in [0, 0.1) is 13.8 Å². The standard InChI is InChI=1S/C18H15N3O4/c1-11-5-6-14(12(2)8-11)16-19-13(10-24-16)9-21-18(22)25-17(20-21)15-4-3-7-23-15/h3-8,10H,9H2,1-2H3. The SMILES string of the molecule is Cc1ccc(-c2nc(Cn3nc(-c4ccco4)oc3=O)co2)c(C)c1. The van der Waals surface area contributed by atoms with E-state index in [1.54, 1.807) is 12.1 Å². The van der Waals surface area contributed by atoms with Gasteiger partial charge in [0, 0.05) is 5.56 Å². The third-order valence-corrected chi connectivity index (χ3v) is 3.81. The van der Waals surface area contributed by atoms with E-state index < -0.39 is 5.76 Å². The molecule has 3 heterocycles. The zero-order valence-electron chi connectivity index (χ0n) is 13.7. The summed E-state index contributed by atoms with van der Waals surface area (Å²) in [5.74, 6) is 0.456. The average molecular weight is 337 g/mol. The molecule has 4 rings (SSSR count). The molecule has 0 unspecified atom stereocenters. The van der Waals surface area contributed by atoms with Gasteiger partial charge in [-0.1, -0.05) is 17.7 Å². The molecule has 0 aliphatic rings. The van der Waals surface area contributed by atoms with Crippen molar-refractivity contribution in [1.82, 2.24) is 14.8 Å². The van der Waals surface area contributed by atoms with Crippen molar-refractivity contribution in [3.8, 4) is 23.1 Å². The summed E-state index contributed by atoms with van der Waals surface area (Å²) in [6.45, 7) is 4.19. The summed E-state index contributed by atoms with van der Waals surface area (Å²) in [5, 5.41) is 4.12. The highest BCUT2D eigenvalue weighted by atomic mass is 16.4. The molecule has 7 heteroatoms. The Morgan fingerprint density at radius 3 is 2.76 bits per heavy atom. The van der Waals surface area contributed by atoms with Crippen molar-refractivity contribution in [2.24, 2.45) is 0 Å². The smallest absolute Gasteiger partial charge is 0.437 e. The number of furan rings is 1. The monoisotopic (exact) mass is 337 g/mol. The lowest BCUT2D eigenvalue weighted by Crippen LogP contribution is -2.16. The molecule has 126 valence electrons. The summed E-state index contributed by atoms with van der Waals surface area (Å²) in [6.07, 6.45) is 3.00. The molecule has 0 atom stereocenters. The molecule has 7 nitrogen and oxygen atoms in total. The number of hydrogen-bond acceptors (Lipinski definition) is 6. The normalized spacial score (nSPS) is 11.1. The predicted molar refractivity (Wildman–Crippen MR) is 89.0 cm³/mol. The zero-order valence-corrected chi connectivity index (χ0v) is 13.7. The van der Waals surface area contributed by atoms with Crippen LogP contribution in [0.15, 0.2) is 60.9 Å². The number of aryl methyl sites for hydroxylation is 2. The van der Waals surface area contributed by atoms with E-state index in [0.717, 1.165) is 11.1 Å². The maximum Gasteiger partial charge on any atom is 0.437 e. The second kappa shape index (κ2) is 5.94. The largest absolute Gasteiger partial charge is 0.459 e. The molecule has 3 aromatic heterocycles. The van der Waals surface area contributed by atoms with Crippen molar-refractivity contribution in [2.75, 3.05) is 0 Å². The third kappa shape index (κ3) is 2.91. The van der Waals surface area contributed by atoms with E-state index >= 15 is 0 Å². The predicted octanol–water partition coefficient (Wildman–Crippen LogP) is 3.42. The first kappa shape index (κ1) is 15.2. The molecule has 0 fully saturated rings. The Balaban J connectivity index is 1.60. The van der Waals surface area contributed by atoms with E-state index in [2.05, 4.69) is 16.1 Å². The van der Waals surface area contributed by atoms with Gasteiger partial charge in [0.25, 0.3) is 5.89 Å². The summed E-state index contributed by atoms with van der Waals surface area (Å²) < 4.78 is 17.0. The van der Waals surface area contributed by atoms with Crippen LogP contribution in [0.25, 0.3) is 23.1 Å². The highest BCUT2D eigenvalue weighted by Crippen LogP contribution is 2.24. The van der Waals surface area contributed by atoms with Crippen molar-refractivity contribution < 1.29 is 13.3 Å². The van der Waals surface area contributed by atoms with E-state index in [1.807, 2.05) is 26.0 Å². The number of benzene rings is 1. The minimum absolute atomic E-state index is 0.132. The highest BCUT2D eigenvalue weighted by molar-refractivity contribution is 5.59. The van der Waals surface area contributed by atoms with Gasteiger partial charge >= 0.3 is 5.76 Å². The first-order chi connectivity index (χ1) is 12.1. The van der Waals surface area contributed by atoms with Gasteiger partial charge in [-0.3, -0.25) is 0 Å². The Morgan fingerprint density at radius 2 is 2.00 bits per heavy atom.